The molecule has 7 nitrogen and oxygen atoms in total. The minimum Gasteiger partial charge on any atom is -0.485 e. The number of Topliss-reactive ketones (excluding diaryl/α,β-unsaturated/α-hetero) is 1. The molecule has 0 fully saturated rings. The summed E-state index contributed by atoms with van der Waals surface area (Å²) in [6, 6.07) is 6.43. The minimum atomic E-state index is -0.444. The van der Waals surface area contributed by atoms with Gasteiger partial charge in [-0.2, -0.15) is 0 Å². The van der Waals surface area contributed by atoms with Crippen LogP contribution in [0.1, 0.15) is 40.3 Å². The van der Waals surface area contributed by atoms with Crippen LogP contribution in [0.25, 0.3) is 0 Å². The lowest BCUT2D eigenvalue weighted by atomic mass is 10.1. The monoisotopic (exact) mass is 360 g/mol. The van der Waals surface area contributed by atoms with Gasteiger partial charge in [0.25, 0.3) is 5.69 Å². The molecule has 0 N–H and O–H groups in total. The Morgan fingerprint density at radius 3 is 2.54 bits per heavy atom. The average Bonchev–Trinajstić information content (AvgIpc) is 2.87. The largest absolute Gasteiger partial charge is 0.485 e. The van der Waals surface area contributed by atoms with Gasteiger partial charge in [0.05, 0.1) is 17.6 Å². The van der Waals surface area contributed by atoms with Crippen molar-refractivity contribution in [3.8, 4) is 5.75 Å². The van der Waals surface area contributed by atoms with Gasteiger partial charge in [0, 0.05) is 35.7 Å². The molecule has 1 aromatic heterocycles. The SMILES string of the molecule is COC[C@H](C)n1c(C)cc(C(=O)COc2ccc([N+](=O)[O-])c(C)c2)c1C. The van der Waals surface area contributed by atoms with Gasteiger partial charge in [0.1, 0.15) is 5.75 Å². The molecule has 0 spiro atoms. The van der Waals surface area contributed by atoms with E-state index in [1.165, 1.54) is 12.1 Å². The van der Waals surface area contributed by atoms with E-state index in [1.807, 2.05) is 26.8 Å². The van der Waals surface area contributed by atoms with Gasteiger partial charge in [-0.15, -0.1) is 0 Å². The van der Waals surface area contributed by atoms with Crippen LogP contribution in [0.2, 0.25) is 0 Å². The fraction of sp³-hybridized carbons (Fsp3) is 0.421. The van der Waals surface area contributed by atoms with E-state index in [0.29, 0.717) is 23.5 Å². The second-order valence-corrected chi connectivity index (χ2v) is 6.38. The first-order chi connectivity index (χ1) is 12.3. The molecule has 7 heteroatoms. The van der Waals surface area contributed by atoms with E-state index in [4.69, 9.17) is 9.47 Å². The third-order valence-electron chi connectivity index (χ3n) is 4.37. The first kappa shape index (κ1) is 19.7. The van der Waals surface area contributed by atoms with Crippen LogP contribution in [0.3, 0.4) is 0 Å². The van der Waals surface area contributed by atoms with Crippen molar-refractivity contribution in [3.05, 3.63) is 56.9 Å². The number of nitro groups is 1. The van der Waals surface area contributed by atoms with Gasteiger partial charge in [0.2, 0.25) is 5.78 Å². The zero-order valence-corrected chi connectivity index (χ0v) is 15.7. The van der Waals surface area contributed by atoms with Crippen molar-refractivity contribution >= 4 is 11.5 Å². The number of aromatic nitrogens is 1. The van der Waals surface area contributed by atoms with Gasteiger partial charge in [-0.3, -0.25) is 14.9 Å². The molecule has 0 saturated carbocycles. The maximum absolute atomic E-state index is 12.6. The van der Waals surface area contributed by atoms with Crippen LogP contribution in [-0.4, -0.2) is 35.6 Å². The number of aryl methyl sites for hydroxylation is 2. The van der Waals surface area contributed by atoms with Crippen molar-refractivity contribution in [1.29, 1.82) is 0 Å². The van der Waals surface area contributed by atoms with Crippen molar-refractivity contribution in [1.82, 2.24) is 4.57 Å². The fourth-order valence-electron chi connectivity index (χ4n) is 3.20. The van der Waals surface area contributed by atoms with Crippen LogP contribution < -0.4 is 4.74 Å². The fourth-order valence-corrected chi connectivity index (χ4v) is 3.20. The number of ether oxygens (including phenoxy) is 2. The Kier molecular flexibility index (Phi) is 6.15. The molecule has 0 bridgehead atoms. The molecule has 0 amide bonds. The number of carbonyl (C=O) groups excluding carboxylic acids is 1. The summed E-state index contributed by atoms with van der Waals surface area (Å²) in [6.07, 6.45) is 0. The quantitative estimate of drug-likeness (QED) is 0.406. The molecule has 1 heterocycles. The zero-order chi connectivity index (χ0) is 19.4. The Morgan fingerprint density at radius 2 is 1.96 bits per heavy atom. The van der Waals surface area contributed by atoms with Crippen LogP contribution in [0.15, 0.2) is 24.3 Å². The topological polar surface area (TPSA) is 83.6 Å². The Labute approximate surface area is 152 Å². The highest BCUT2D eigenvalue weighted by molar-refractivity contribution is 5.98. The normalized spacial score (nSPS) is 12.0. The number of nitrogens with zero attached hydrogens (tertiary/aromatic N) is 2. The highest BCUT2D eigenvalue weighted by Crippen LogP contribution is 2.24. The van der Waals surface area contributed by atoms with Gasteiger partial charge in [-0.25, -0.2) is 0 Å². The summed E-state index contributed by atoms with van der Waals surface area (Å²) in [5.74, 6) is 0.299. The molecular weight excluding hydrogens is 336 g/mol. The predicted molar refractivity (Wildman–Crippen MR) is 98.2 cm³/mol. The van der Waals surface area contributed by atoms with Crippen LogP contribution in [0.4, 0.5) is 5.69 Å². The van der Waals surface area contributed by atoms with Crippen LogP contribution in [-0.2, 0) is 4.74 Å². The number of rotatable bonds is 8. The summed E-state index contributed by atoms with van der Waals surface area (Å²) in [5, 5.41) is 10.9. The summed E-state index contributed by atoms with van der Waals surface area (Å²) in [4.78, 5) is 23.0. The standard InChI is InChI=1S/C19H24N2O5/c1-12-8-16(6-7-18(12)21(23)24)26-11-19(22)17-9-13(2)20(15(17)4)14(3)10-25-5/h6-9,14H,10-11H2,1-5H3/t14-/m0/s1. The smallest absolute Gasteiger partial charge is 0.272 e. The molecule has 2 aromatic rings. The second-order valence-electron chi connectivity index (χ2n) is 6.38. The first-order valence-corrected chi connectivity index (χ1v) is 8.34. The third-order valence-corrected chi connectivity index (χ3v) is 4.37. The van der Waals surface area contributed by atoms with E-state index in [9.17, 15) is 14.9 Å². The number of methoxy groups -OCH3 is 1. The molecule has 0 aliphatic heterocycles. The average molecular weight is 360 g/mol. The van der Waals surface area contributed by atoms with E-state index < -0.39 is 4.92 Å². The predicted octanol–water partition coefficient (Wildman–Crippen LogP) is 3.79. The lowest BCUT2D eigenvalue weighted by Gasteiger charge is -2.17. The maximum atomic E-state index is 12.6. The van der Waals surface area contributed by atoms with Gasteiger partial charge in [0.15, 0.2) is 6.61 Å². The number of ketones is 1. The first-order valence-electron chi connectivity index (χ1n) is 8.34. The van der Waals surface area contributed by atoms with Crippen molar-refractivity contribution in [3.63, 3.8) is 0 Å². The zero-order valence-electron chi connectivity index (χ0n) is 15.7. The third kappa shape index (κ3) is 4.11. The maximum Gasteiger partial charge on any atom is 0.272 e. The molecular formula is C19H24N2O5. The van der Waals surface area contributed by atoms with E-state index in [-0.39, 0.29) is 24.1 Å². The Hall–Kier alpha value is -2.67. The van der Waals surface area contributed by atoms with E-state index in [2.05, 4.69) is 4.57 Å². The second kappa shape index (κ2) is 8.14. The highest BCUT2D eigenvalue weighted by atomic mass is 16.6. The molecule has 2 rings (SSSR count). The van der Waals surface area contributed by atoms with Crippen molar-refractivity contribution in [2.75, 3.05) is 20.3 Å². The summed E-state index contributed by atoms with van der Waals surface area (Å²) >= 11 is 0. The van der Waals surface area contributed by atoms with E-state index in [0.717, 1.165) is 11.4 Å². The van der Waals surface area contributed by atoms with Crippen molar-refractivity contribution < 1.29 is 19.2 Å². The molecule has 26 heavy (non-hydrogen) atoms. The van der Waals surface area contributed by atoms with Crippen LogP contribution >= 0.6 is 0 Å². The Balaban J connectivity index is 2.12. The molecule has 140 valence electrons. The number of benzene rings is 1. The number of hydrogen-bond acceptors (Lipinski definition) is 5. The summed E-state index contributed by atoms with van der Waals surface area (Å²) in [7, 11) is 1.65. The van der Waals surface area contributed by atoms with Crippen molar-refractivity contribution in [2.45, 2.75) is 33.7 Å². The van der Waals surface area contributed by atoms with Gasteiger partial charge in [-0.05, 0) is 45.9 Å². The molecule has 0 unspecified atom stereocenters. The molecule has 0 saturated heterocycles. The van der Waals surface area contributed by atoms with Crippen molar-refractivity contribution in [2.24, 2.45) is 0 Å². The summed E-state index contributed by atoms with van der Waals surface area (Å²) < 4.78 is 12.8. The highest BCUT2D eigenvalue weighted by Gasteiger charge is 2.19. The molecule has 1 aromatic carbocycles. The molecule has 0 aliphatic rings. The molecule has 0 radical (unpaired) electrons. The summed E-state index contributed by atoms with van der Waals surface area (Å²) in [6.45, 7) is 7.97. The lowest BCUT2D eigenvalue weighted by molar-refractivity contribution is -0.385. The van der Waals surface area contributed by atoms with Crippen LogP contribution in [0.5, 0.6) is 5.75 Å². The van der Waals surface area contributed by atoms with E-state index in [1.54, 1.807) is 20.1 Å². The van der Waals surface area contributed by atoms with Gasteiger partial charge >= 0.3 is 0 Å². The summed E-state index contributed by atoms with van der Waals surface area (Å²) in [5.41, 5.74) is 3.00. The lowest BCUT2D eigenvalue weighted by Crippen LogP contribution is -2.16. The Morgan fingerprint density at radius 1 is 1.27 bits per heavy atom. The Bertz CT molecular complexity index is 826. The molecule has 1 atom stereocenters. The van der Waals surface area contributed by atoms with E-state index >= 15 is 0 Å². The van der Waals surface area contributed by atoms with Crippen LogP contribution in [0, 0.1) is 30.9 Å². The number of carbonyl (C=O) groups is 1. The number of nitro benzene ring substituents is 1. The van der Waals surface area contributed by atoms with Gasteiger partial charge in [-0.1, -0.05) is 0 Å². The number of hydrogen-bond donors (Lipinski definition) is 0. The minimum absolute atomic E-state index is 0.0272. The molecule has 0 aliphatic carbocycles. The van der Waals surface area contributed by atoms with Gasteiger partial charge < -0.3 is 14.0 Å².